The highest BCUT2D eigenvalue weighted by Gasteiger charge is 2.19. The maximum absolute atomic E-state index is 12.9. The zero-order valence-corrected chi connectivity index (χ0v) is 15.7. The van der Waals surface area contributed by atoms with Crippen LogP contribution in [-0.2, 0) is 0 Å². The quantitative estimate of drug-likeness (QED) is 0.549. The van der Waals surface area contributed by atoms with Gasteiger partial charge in [0.25, 0.3) is 5.91 Å². The number of para-hydroxylation sites is 1. The smallest absolute Gasteiger partial charge is 0.275 e. The number of amides is 1. The van der Waals surface area contributed by atoms with E-state index in [2.05, 4.69) is 5.16 Å². The second-order valence-electron chi connectivity index (χ2n) is 6.16. The van der Waals surface area contributed by atoms with Crippen LogP contribution in [0.1, 0.15) is 16.9 Å². The third-order valence-electron chi connectivity index (χ3n) is 4.17. The van der Waals surface area contributed by atoms with E-state index in [1.807, 2.05) is 24.3 Å². The zero-order chi connectivity index (χ0) is 19.9. The van der Waals surface area contributed by atoms with Gasteiger partial charge in [0.1, 0.15) is 17.3 Å². The van der Waals surface area contributed by atoms with Crippen molar-refractivity contribution in [1.29, 1.82) is 0 Å². The molecule has 3 aromatic rings. The highest BCUT2D eigenvalue weighted by Crippen LogP contribution is 2.30. The van der Waals surface area contributed by atoms with Crippen LogP contribution < -0.4 is 9.47 Å². The lowest BCUT2D eigenvalue weighted by atomic mass is 10.1. The lowest BCUT2D eigenvalue weighted by molar-refractivity contribution is 0.0777. The minimum absolute atomic E-state index is 0.225. The first-order valence-corrected chi connectivity index (χ1v) is 8.82. The summed E-state index contributed by atoms with van der Waals surface area (Å²) in [6.45, 7) is 0.894. The fraction of sp³-hybridized carbons (Fsp3) is 0.238. The van der Waals surface area contributed by atoms with Crippen LogP contribution in [0.4, 0.5) is 4.39 Å². The van der Waals surface area contributed by atoms with Gasteiger partial charge in [-0.25, -0.2) is 4.39 Å². The lowest BCUT2D eigenvalue weighted by Crippen LogP contribution is -2.28. The van der Waals surface area contributed by atoms with Crippen molar-refractivity contribution in [2.75, 3.05) is 27.3 Å². The molecule has 0 N–H and O–H groups in total. The Morgan fingerprint density at radius 3 is 2.68 bits per heavy atom. The van der Waals surface area contributed by atoms with Crippen LogP contribution in [0.5, 0.6) is 11.5 Å². The molecule has 0 saturated heterocycles. The summed E-state index contributed by atoms with van der Waals surface area (Å²) in [7, 11) is 3.26. The van der Waals surface area contributed by atoms with Crippen LogP contribution in [0.2, 0.25) is 0 Å². The molecular formula is C21H21FN2O4. The van der Waals surface area contributed by atoms with E-state index in [0.29, 0.717) is 36.8 Å². The first kappa shape index (κ1) is 19.4. The number of halogens is 1. The van der Waals surface area contributed by atoms with Crippen molar-refractivity contribution in [3.8, 4) is 22.8 Å². The van der Waals surface area contributed by atoms with Crippen molar-refractivity contribution in [1.82, 2.24) is 10.1 Å². The van der Waals surface area contributed by atoms with Gasteiger partial charge in [0.05, 0.1) is 19.3 Å². The normalized spacial score (nSPS) is 10.5. The molecule has 0 aliphatic rings. The van der Waals surface area contributed by atoms with E-state index >= 15 is 0 Å². The van der Waals surface area contributed by atoms with Gasteiger partial charge in [-0.3, -0.25) is 4.79 Å². The molecule has 2 aromatic carbocycles. The lowest BCUT2D eigenvalue weighted by Gasteiger charge is -2.15. The maximum atomic E-state index is 12.9. The molecule has 1 aromatic heterocycles. The van der Waals surface area contributed by atoms with Crippen LogP contribution in [0.3, 0.4) is 0 Å². The summed E-state index contributed by atoms with van der Waals surface area (Å²) in [4.78, 5) is 14.1. The van der Waals surface area contributed by atoms with Gasteiger partial charge >= 0.3 is 0 Å². The van der Waals surface area contributed by atoms with E-state index in [4.69, 9.17) is 14.0 Å². The van der Waals surface area contributed by atoms with Crippen LogP contribution in [-0.4, -0.2) is 43.3 Å². The average Bonchev–Trinajstić information content (AvgIpc) is 3.21. The van der Waals surface area contributed by atoms with Crippen LogP contribution >= 0.6 is 0 Å². The molecule has 1 heterocycles. The fourth-order valence-electron chi connectivity index (χ4n) is 2.67. The molecule has 3 rings (SSSR count). The van der Waals surface area contributed by atoms with Crippen LogP contribution in [0.15, 0.2) is 59.1 Å². The Morgan fingerprint density at radius 1 is 1.18 bits per heavy atom. The number of nitrogens with zero attached hydrogens (tertiary/aromatic N) is 2. The summed E-state index contributed by atoms with van der Waals surface area (Å²) in [6, 6.07) is 14.8. The second kappa shape index (κ2) is 9.03. The summed E-state index contributed by atoms with van der Waals surface area (Å²) in [5.41, 5.74) is 0.953. The summed E-state index contributed by atoms with van der Waals surface area (Å²) in [6.07, 6.45) is 0.622. The molecule has 1 amide bonds. The van der Waals surface area contributed by atoms with Crippen LogP contribution in [0.25, 0.3) is 11.3 Å². The Balaban J connectivity index is 1.53. The molecule has 0 fully saturated rings. The number of benzene rings is 2. The molecular weight excluding hydrogens is 363 g/mol. The van der Waals surface area contributed by atoms with Crippen molar-refractivity contribution < 1.29 is 23.2 Å². The molecule has 28 heavy (non-hydrogen) atoms. The highest BCUT2D eigenvalue weighted by molar-refractivity contribution is 5.93. The molecule has 0 atom stereocenters. The molecule has 146 valence electrons. The third kappa shape index (κ3) is 4.68. The molecule has 0 spiro atoms. The van der Waals surface area contributed by atoms with Gasteiger partial charge in [-0.05, 0) is 42.8 Å². The van der Waals surface area contributed by atoms with Gasteiger partial charge in [-0.2, -0.15) is 0 Å². The summed E-state index contributed by atoms with van der Waals surface area (Å²) >= 11 is 0. The molecule has 0 aliphatic carbocycles. The molecule has 0 aliphatic heterocycles. The van der Waals surface area contributed by atoms with E-state index in [1.165, 1.54) is 12.1 Å². The molecule has 6 nitrogen and oxygen atoms in total. The summed E-state index contributed by atoms with van der Waals surface area (Å²) in [5.74, 6) is 1.15. The van der Waals surface area contributed by atoms with Crippen molar-refractivity contribution >= 4 is 5.91 Å². The Bertz CT molecular complexity index is 924. The Labute approximate surface area is 162 Å². The fourth-order valence-corrected chi connectivity index (χ4v) is 2.67. The zero-order valence-electron chi connectivity index (χ0n) is 15.7. The number of carbonyl (C=O) groups excluding carboxylic acids is 1. The summed E-state index contributed by atoms with van der Waals surface area (Å²) < 4.78 is 29.0. The van der Waals surface area contributed by atoms with E-state index in [1.54, 1.807) is 37.3 Å². The highest BCUT2D eigenvalue weighted by atomic mass is 19.1. The molecule has 0 radical (unpaired) electrons. The monoisotopic (exact) mass is 384 g/mol. The van der Waals surface area contributed by atoms with Gasteiger partial charge in [0, 0.05) is 19.7 Å². The molecule has 0 unspecified atom stereocenters. The van der Waals surface area contributed by atoms with Crippen molar-refractivity contribution in [3.05, 3.63) is 66.1 Å². The van der Waals surface area contributed by atoms with Gasteiger partial charge < -0.3 is 18.9 Å². The van der Waals surface area contributed by atoms with Crippen molar-refractivity contribution in [2.45, 2.75) is 6.42 Å². The number of carbonyl (C=O) groups is 1. The Hall–Kier alpha value is -3.35. The number of hydrogen-bond acceptors (Lipinski definition) is 5. The van der Waals surface area contributed by atoms with E-state index < -0.39 is 0 Å². The standard InChI is InChI=1S/C21H21FN2O4/c1-24(12-5-13-27-16-10-8-15(22)9-11-16)21(25)18-14-20(28-23-18)17-6-3-4-7-19(17)26-2/h3-4,6-11,14H,5,12-13H2,1-2H3. The van der Waals surface area contributed by atoms with E-state index in [-0.39, 0.29) is 17.4 Å². The molecule has 0 bridgehead atoms. The largest absolute Gasteiger partial charge is 0.496 e. The van der Waals surface area contributed by atoms with E-state index in [0.717, 1.165) is 5.56 Å². The van der Waals surface area contributed by atoms with Gasteiger partial charge in [-0.15, -0.1) is 0 Å². The number of hydrogen-bond donors (Lipinski definition) is 0. The predicted molar refractivity (Wildman–Crippen MR) is 102 cm³/mol. The Morgan fingerprint density at radius 2 is 1.93 bits per heavy atom. The minimum Gasteiger partial charge on any atom is -0.496 e. The number of rotatable bonds is 8. The first-order chi connectivity index (χ1) is 13.6. The number of methoxy groups -OCH3 is 1. The molecule has 0 saturated carbocycles. The third-order valence-corrected chi connectivity index (χ3v) is 4.17. The van der Waals surface area contributed by atoms with Gasteiger partial charge in [0.2, 0.25) is 0 Å². The number of ether oxygens (including phenoxy) is 2. The predicted octanol–water partition coefficient (Wildman–Crippen LogP) is 4.03. The van der Waals surface area contributed by atoms with Crippen LogP contribution in [0, 0.1) is 5.82 Å². The Kier molecular flexibility index (Phi) is 6.26. The number of aromatic nitrogens is 1. The second-order valence-corrected chi connectivity index (χ2v) is 6.16. The first-order valence-electron chi connectivity index (χ1n) is 8.82. The average molecular weight is 384 g/mol. The van der Waals surface area contributed by atoms with Crippen molar-refractivity contribution in [2.24, 2.45) is 0 Å². The van der Waals surface area contributed by atoms with Crippen molar-refractivity contribution in [3.63, 3.8) is 0 Å². The summed E-state index contributed by atoms with van der Waals surface area (Å²) in [5, 5.41) is 3.88. The SMILES string of the molecule is COc1ccccc1-c1cc(C(=O)N(C)CCCOc2ccc(F)cc2)no1. The minimum atomic E-state index is -0.308. The van der Waals surface area contributed by atoms with E-state index in [9.17, 15) is 9.18 Å². The van der Waals surface area contributed by atoms with Gasteiger partial charge in [0.15, 0.2) is 11.5 Å². The maximum Gasteiger partial charge on any atom is 0.275 e. The van der Waals surface area contributed by atoms with Gasteiger partial charge in [-0.1, -0.05) is 17.3 Å². The molecule has 7 heteroatoms. The topological polar surface area (TPSA) is 64.8 Å².